The number of hydrogen-bond donors (Lipinski definition) is 1. The molecule has 1 spiro atoms. The Balaban J connectivity index is 1.25. The summed E-state index contributed by atoms with van der Waals surface area (Å²) in [5.74, 6) is 1.58. The smallest absolute Gasteiger partial charge is 0.226 e. The van der Waals surface area contributed by atoms with Gasteiger partial charge in [0.2, 0.25) is 11.8 Å². The van der Waals surface area contributed by atoms with E-state index in [1.54, 1.807) is 0 Å². The topological polar surface area (TPSA) is 67.6 Å². The second kappa shape index (κ2) is 7.94. The fourth-order valence-electron chi connectivity index (χ4n) is 4.62. The van der Waals surface area contributed by atoms with Crippen LogP contribution in [0.15, 0.2) is 52.9 Å². The number of anilines is 1. The van der Waals surface area contributed by atoms with E-state index in [1.165, 1.54) is 11.1 Å². The summed E-state index contributed by atoms with van der Waals surface area (Å²) in [5, 5.41) is 5.02. The maximum absolute atomic E-state index is 12.3. The lowest BCUT2D eigenvalue weighted by Crippen LogP contribution is -2.49. The Labute approximate surface area is 182 Å². The Morgan fingerprint density at radius 3 is 2.77 bits per heavy atom. The highest BCUT2D eigenvalue weighted by molar-refractivity contribution is 5.95. The lowest BCUT2D eigenvalue weighted by molar-refractivity contribution is -0.204. The summed E-state index contributed by atoms with van der Waals surface area (Å²) in [5.41, 5.74) is 5.02. The Morgan fingerprint density at radius 1 is 1.16 bits per heavy atom. The molecule has 0 bridgehead atoms. The molecule has 1 fully saturated rings. The highest BCUT2D eigenvalue weighted by Gasteiger charge is 2.43. The molecule has 0 saturated carbocycles. The maximum atomic E-state index is 12.3. The summed E-state index contributed by atoms with van der Waals surface area (Å²) in [4.78, 5) is 23.2. The van der Waals surface area contributed by atoms with Crippen molar-refractivity contribution in [1.29, 1.82) is 0 Å². The van der Waals surface area contributed by atoms with Gasteiger partial charge in [-0.25, -0.2) is 4.98 Å². The van der Waals surface area contributed by atoms with Gasteiger partial charge in [-0.15, -0.1) is 0 Å². The molecule has 2 aliphatic rings. The lowest BCUT2D eigenvalue weighted by atomic mass is 9.71. The minimum absolute atomic E-state index is 0.0695. The Morgan fingerprint density at radius 2 is 2.00 bits per heavy atom. The minimum Gasteiger partial charge on any atom is -0.441 e. The van der Waals surface area contributed by atoms with Crippen LogP contribution in [0.1, 0.15) is 35.4 Å². The van der Waals surface area contributed by atoms with Crippen molar-refractivity contribution in [2.24, 2.45) is 0 Å². The van der Waals surface area contributed by atoms with Crippen molar-refractivity contribution in [3.05, 3.63) is 71.1 Å². The first-order valence-electron chi connectivity index (χ1n) is 10.8. The molecule has 2 aromatic carbocycles. The fraction of sp³-hybridized carbons (Fsp3) is 0.360. The number of rotatable bonds is 4. The van der Waals surface area contributed by atoms with Crippen LogP contribution in [0.2, 0.25) is 0 Å². The molecule has 1 saturated heterocycles. The molecule has 1 aromatic heterocycles. The highest BCUT2D eigenvalue weighted by atomic mass is 16.7. The number of carbonyl (C=O) groups excluding carboxylic acids is 1. The van der Waals surface area contributed by atoms with E-state index >= 15 is 0 Å². The molecule has 6 nitrogen and oxygen atoms in total. The van der Waals surface area contributed by atoms with Gasteiger partial charge in [0, 0.05) is 42.6 Å². The van der Waals surface area contributed by atoms with Gasteiger partial charge in [-0.1, -0.05) is 35.9 Å². The molecule has 31 heavy (non-hydrogen) atoms. The standard InChI is InChI=1S/C25H27N3O3/c1-17-8-9-22-20(14-17)25(15-23(29)26-22)11-13-28(30-16-25)12-10-21-18(2)31-24(27-21)19-6-4-3-5-7-19/h3-9,14H,10-13,15-16H2,1-2H3,(H,26,29). The summed E-state index contributed by atoms with van der Waals surface area (Å²) in [6.07, 6.45) is 2.12. The number of aromatic nitrogens is 1. The zero-order valence-corrected chi connectivity index (χ0v) is 18.0. The average Bonchev–Trinajstić information content (AvgIpc) is 3.15. The number of aryl methyl sites for hydroxylation is 2. The summed E-state index contributed by atoms with van der Waals surface area (Å²) < 4.78 is 5.88. The van der Waals surface area contributed by atoms with Gasteiger partial charge in [-0.05, 0) is 44.0 Å². The van der Waals surface area contributed by atoms with Crippen LogP contribution in [0.4, 0.5) is 5.69 Å². The van der Waals surface area contributed by atoms with Crippen LogP contribution >= 0.6 is 0 Å². The SMILES string of the molecule is Cc1ccc2c(c1)C1(CCN(CCc3nc(-c4ccccc4)oc3C)OC1)CC(=O)N2. The first-order valence-corrected chi connectivity index (χ1v) is 10.8. The van der Waals surface area contributed by atoms with Crippen molar-refractivity contribution in [2.45, 2.75) is 38.5 Å². The van der Waals surface area contributed by atoms with Gasteiger partial charge in [0.05, 0.1) is 12.3 Å². The number of carbonyl (C=O) groups is 1. The number of nitrogens with one attached hydrogen (secondary N) is 1. The average molecular weight is 418 g/mol. The molecule has 2 aliphatic heterocycles. The Bertz CT molecular complexity index is 1100. The molecule has 1 amide bonds. The maximum Gasteiger partial charge on any atom is 0.226 e. The second-order valence-electron chi connectivity index (χ2n) is 8.64. The molecular formula is C25H27N3O3. The van der Waals surface area contributed by atoms with Gasteiger partial charge in [-0.3, -0.25) is 9.63 Å². The van der Waals surface area contributed by atoms with E-state index < -0.39 is 0 Å². The normalized spacial score (nSPS) is 21.2. The largest absolute Gasteiger partial charge is 0.441 e. The van der Waals surface area contributed by atoms with Gasteiger partial charge in [0.15, 0.2) is 0 Å². The molecule has 1 unspecified atom stereocenters. The van der Waals surface area contributed by atoms with Crippen molar-refractivity contribution in [1.82, 2.24) is 10.0 Å². The zero-order chi connectivity index (χ0) is 21.4. The van der Waals surface area contributed by atoms with Gasteiger partial charge in [0.25, 0.3) is 0 Å². The van der Waals surface area contributed by atoms with Crippen LogP contribution in [-0.4, -0.2) is 35.7 Å². The van der Waals surface area contributed by atoms with E-state index in [9.17, 15) is 4.79 Å². The number of amides is 1. The zero-order valence-electron chi connectivity index (χ0n) is 18.0. The van der Waals surface area contributed by atoms with Crippen molar-refractivity contribution in [3.8, 4) is 11.5 Å². The molecule has 0 aliphatic carbocycles. The van der Waals surface area contributed by atoms with Crippen molar-refractivity contribution in [2.75, 3.05) is 25.0 Å². The first kappa shape index (κ1) is 20.0. The number of fused-ring (bicyclic) bond motifs is 2. The van der Waals surface area contributed by atoms with Gasteiger partial charge in [-0.2, -0.15) is 5.06 Å². The van der Waals surface area contributed by atoms with Crippen LogP contribution in [0.3, 0.4) is 0 Å². The third-order valence-corrected chi connectivity index (χ3v) is 6.39. The molecule has 6 heteroatoms. The number of oxazole rings is 1. The minimum atomic E-state index is -0.246. The third-order valence-electron chi connectivity index (χ3n) is 6.39. The number of hydrogen-bond acceptors (Lipinski definition) is 5. The van der Waals surface area contributed by atoms with Crippen LogP contribution in [0.25, 0.3) is 11.5 Å². The predicted molar refractivity (Wildman–Crippen MR) is 119 cm³/mol. The summed E-state index contributed by atoms with van der Waals surface area (Å²) in [6.45, 7) is 6.09. The van der Waals surface area contributed by atoms with E-state index in [0.29, 0.717) is 18.9 Å². The molecule has 0 radical (unpaired) electrons. The summed E-state index contributed by atoms with van der Waals surface area (Å²) >= 11 is 0. The van der Waals surface area contributed by atoms with Gasteiger partial charge >= 0.3 is 0 Å². The number of benzene rings is 2. The van der Waals surface area contributed by atoms with Crippen LogP contribution < -0.4 is 5.32 Å². The van der Waals surface area contributed by atoms with E-state index in [2.05, 4.69) is 18.3 Å². The highest BCUT2D eigenvalue weighted by Crippen LogP contribution is 2.43. The molecular weight excluding hydrogens is 390 g/mol. The molecule has 3 aromatic rings. The molecule has 5 rings (SSSR count). The lowest BCUT2D eigenvalue weighted by Gasteiger charge is -2.44. The van der Waals surface area contributed by atoms with Crippen molar-refractivity contribution >= 4 is 11.6 Å². The van der Waals surface area contributed by atoms with Gasteiger partial charge in [0.1, 0.15) is 5.76 Å². The van der Waals surface area contributed by atoms with Crippen molar-refractivity contribution in [3.63, 3.8) is 0 Å². The van der Waals surface area contributed by atoms with Crippen molar-refractivity contribution < 1.29 is 14.0 Å². The second-order valence-corrected chi connectivity index (χ2v) is 8.64. The third kappa shape index (κ3) is 3.89. The van der Waals surface area contributed by atoms with E-state index in [4.69, 9.17) is 14.2 Å². The quantitative estimate of drug-likeness (QED) is 0.681. The fourth-order valence-corrected chi connectivity index (χ4v) is 4.62. The van der Waals surface area contributed by atoms with Crippen LogP contribution in [-0.2, 0) is 21.5 Å². The molecule has 160 valence electrons. The van der Waals surface area contributed by atoms with Crippen LogP contribution in [0.5, 0.6) is 0 Å². The number of nitrogens with zero attached hydrogens (tertiary/aromatic N) is 2. The Kier molecular flexibility index (Phi) is 5.12. The van der Waals surface area contributed by atoms with Gasteiger partial charge < -0.3 is 9.73 Å². The van der Waals surface area contributed by atoms with E-state index in [-0.39, 0.29) is 11.3 Å². The predicted octanol–water partition coefficient (Wildman–Crippen LogP) is 4.42. The van der Waals surface area contributed by atoms with Crippen LogP contribution in [0, 0.1) is 13.8 Å². The summed E-state index contributed by atoms with van der Waals surface area (Å²) in [7, 11) is 0. The Hall–Kier alpha value is -2.96. The molecule has 1 N–H and O–H groups in total. The monoisotopic (exact) mass is 417 g/mol. The molecule has 1 atom stereocenters. The first-order chi connectivity index (χ1) is 15.0. The van der Waals surface area contributed by atoms with E-state index in [1.807, 2.05) is 54.5 Å². The van der Waals surface area contributed by atoms with E-state index in [0.717, 1.165) is 48.6 Å². The number of hydroxylamine groups is 2. The molecule has 3 heterocycles. The summed E-state index contributed by atoms with van der Waals surface area (Å²) in [6, 6.07) is 16.2.